The van der Waals surface area contributed by atoms with E-state index in [0.717, 1.165) is 0 Å². The van der Waals surface area contributed by atoms with Crippen LogP contribution in [0.15, 0.2) is 31.6 Å². The lowest BCUT2D eigenvalue weighted by Crippen LogP contribution is -2.13. The summed E-state index contributed by atoms with van der Waals surface area (Å²) in [5, 5.41) is 0. The number of carbonyl (C=O) groups excluding carboxylic acids is 5. The number of carbonyl (C=O) groups is 2. The normalized spacial score (nSPS) is 9.39. The van der Waals surface area contributed by atoms with Crippen molar-refractivity contribution < 1.29 is 28.7 Å². The average molecular weight is 252 g/mol. The van der Waals surface area contributed by atoms with E-state index in [9.17, 15) is 9.59 Å². The highest BCUT2D eigenvalue weighted by Gasteiger charge is 2.17. The van der Waals surface area contributed by atoms with Gasteiger partial charge in [0, 0.05) is 13.0 Å². The Hall–Kier alpha value is -2.77. The van der Waals surface area contributed by atoms with Crippen molar-refractivity contribution in [3.63, 3.8) is 0 Å². The first-order chi connectivity index (χ1) is 8.42. The van der Waals surface area contributed by atoms with E-state index in [-0.39, 0.29) is 18.2 Å². The van der Waals surface area contributed by atoms with E-state index in [1.54, 1.807) is 0 Å². The zero-order valence-corrected chi connectivity index (χ0v) is 9.86. The Morgan fingerprint density at radius 1 is 1.17 bits per heavy atom. The molecule has 1 aliphatic rings. The van der Waals surface area contributed by atoms with E-state index < -0.39 is 0 Å². The zero-order valence-electron chi connectivity index (χ0n) is 9.86. The van der Waals surface area contributed by atoms with E-state index >= 15 is 0 Å². The van der Waals surface area contributed by atoms with Gasteiger partial charge in [0.25, 0.3) is 0 Å². The van der Waals surface area contributed by atoms with Crippen LogP contribution in [0.4, 0.5) is 0 Å². The monoisotopic (exact) mass is 252 g/mol. The molecule has 0 aromatic rings. The van der Waals surface area contributed by atoms with Crippen molar-refractivity contribution in [2.75, 3.05) is 0 Å². The minimum Gasteiger partial charge on any atom is -0.431 e. The Kier molecular flexibility index (Phi) is 19.1. The van der Waals surface area contributed by atoms with Crippen LogP contribution in [-0.4, -0.2) is 29.6 Å². The summed E-state index contributed by atoms with van der Waals surface area (Å²) in [6.07, 6.45) is 1.60. The van der Waals surface area contributed by atoms with Crippen molar-refractivity contribution >= 4 is 29.6 Å². The van der Waals surface area contributed by atoms with Crippen molar-refractivity contribution in [1.29, 1.82) is 0 Å². The van der Waals surface area contributed by atoms with Crippen molar-refractivity contribution in [3.8, 4) is 0 Å². The molecular weight excluding hydrogens is 240 g/mol. The van der Waals surface area contributed by atoms with Crippen LogP contribution >= 0.6 is 0 Å². The smallest absolute Gasteiger partial charge is 0.307 e. The van der Waals surface area contributed by atoms with Gasteiger partial charge in [-0.15, -0.1) is 0 Å². The third-order valence-electron chi connectivity index (χ3n) is 0.945. The van der Waals surface area contributed by atoms with Gasteiger partial charge in [-0.25, -0.2) is 14.4 Å². The Bertz CT molecular complexity index is 370. The fourth-order valence-electron chi connectivity index (χ4n) is 0.572. The van der Waals surface area contributed by atoms with Gasteiger partial charge in [0.15, 0.2) is 5.78 Å². The van der Waals surface area contributed by atoms with Gasteiger partial charge in [0.05, 0.1) is 6.42 Å². The maximum absolute atomic E-state index is 10.2. The molecule has 0 saturated heterocycles. The van der Waals surface area contributed by atoms with Gasteiger partial charge in [0.2, 0.25) is 0 Å². The summed E-state index contributed by atoms with van der Waals surface area (Å²) in [4.78, 5) is 46.1. The Labute approximate surface area is 104 Å². The van der Waals surface area contributed by atoms with Crippen LogP contribution in [0.5, 0.6) is 0 Å². The summed E-state index contributed by atoms with van der Waals surface area (Å²) in [6.45, 7) is 9.35. The van der Waals surface area contributed by atoms with E-state index in [1.807, 2.05) is 0 Å². The number of esters is 1. The molecule has 96 valence electrons. The van der Waals surface area contributed by atoms with Crippen LogP contribution in [0.1, 0.15) is 13.3 Å². The summed E-state index contributed by atoms with van der Waals surface area (Å²) in [5.41, 5.74) is 0. The van der Waals surface area contributed by atoms with Crippen LogP contribution in [-0.2, 0) is 28.7 Å². The van der Waals surface area contributed by atoms with Gasteiger partial charge in [-0.05, 0) is 19.7 Å². The van der Waals surface area contributed by atoms with Crippen LogP contribution in [0.25, 0.3) is 0 Å². The standard InChI is InChI=1S/C6H6O3.3C2H2O/c1-4(7)9-6-2-5(8)3-6;3*1-2-3/h2H,3H2,1H3;3*1H2. The third-order valence-corrected chi connectivity index (χ3v) is 0.945. The van der Waals surface area contributed by atoms with Crippen molar-refractivity contribution in [2.24, 2.45) is 0 Å². The molecule has 0 unspecified atom stereocenters. The van der Waals surface area contributed by atoms with E-state index in [1.165, 1.54) is 30.8 Å². The van der Waals surface area contributed by atoms with Crippen LogP contribution in [0, 0.1) is 0 Å². The molecule has 6 nitrogen and oxygen atoms in total. The SMILES string of the molecule is C=C=O.C=C=O.C=C=O.CC(=O)OC1=CC(=O)C1. The summed E-state index contributed by atoms with van der Waals surface area (Å²) >= 11 is 0. The van der Waals surface area contributed by atoms with E-state index in [0.29, 0.717) is 5.76 Å². The largest absolute Gasteiger partial charge is 0.431 e. The number of hydrogen-bond donors (Lipinski definition) is 0. The van der Waals surface area contributed by atoms with E-state index in [2.05, 4.69) is 24.5 Å². The van der Waals surface area contributed by atoms with Gasteiger partial charge in [-0.3, -0.25) is 9.59 Å². The third kappa shape index (κ3) is 23.2. The van der Waals surface area contributed by atoms with Gasteiger partial charge >= 0.3 is 5.97 Å². The minimum absolute atomic E-state index is 0.0197. The molecule has 18 heavy (non-hydrogen) atoms. The zero-order chi connectivity index (χ0) is 15.0. The molecule has 0 radical (unpaired) electrons. The molecule has 0 spiro atoms. The van der Waals surface area contributed by atoms with Crippen LogP contribution in [0.2, 0.25) is 0 Å². The maximum Gasteiger partial charge on any atom is 0.307 e. The van der Waals surface area contributed by atoms with Crippen LogP contribution in [0.3, 0.4) is 0 Å². The molecule has 0 saturated carbocycles. The quantitative estimate of drug-likeness (QED) is 0.495. The predicted octanol–water partition coefficient (Wildman–Crippen LogP) is 0.418. The molecule has 6 heteroatoms. The van der Waals surface area contributed by atoms with Gasteiger partial charge in [-0.2, -0.15) is 0 Å². The van der Waals surface area contributed by atoms with Crippen molar-refractivity contribution in [3.05, 3.63) is 31.6 Å². The average Bonchev–Trinajstić information content (AvgIpc) is 2.18. The molecule has 0 bridgehead atoms. The Morgan fingerprint density at radius 2 is 1.44 bits per heavy atom. The summed E-state index contributed by atoms with van der Waals surface area (Å²) in [5.74, 6) is 3.88. The molecule has 1 aliphatic carbocycles. The molecule has 0 atom stereocenters. The maximum atomic E-state index is 10.2. The first-order valence-electron chi connectivity index (χ1n) is 4.27. The molecule has 0 aromatic carbocycles. The highest BCUT2D eigenvalue weighted by atomic mass is 16.5. The predicted molar refractivity (Wildman–Crippen MR) is 63.4 cm³/mol. The fourth-order valence-corrected chi connectivity index (χ4v) is 0.572. The summed E-state index contributed by atoms with van der Waals surface area (Å²) in [7, 11) is 0. The molecule has 0 heterocycles. The van der Waals surface area contributed by atoms with Crippen molar-refractivity contribution in [1.82, 2.24) is 0 Å². The van der Waals surface area contributed by atoms with Gasteiger partial charge in [-0.1, -0.05) is 0 Å². The number of ketones is 1. The first-order valence-corrected chi connectivity index (χ1v) is 4.27. The number of allylic oxidation sites excluding steroid dienone is 2. The fraction of sp³-hybridized carbons (Fsp3) is 0.167. The summed E-state index contributed by atoms with van der Waals surface area (Å²) < 4.78 is 4.56. The molecular formula is C12H12O6. The second-order valence-corrected chi connectivity index (χ2v) is 2.28. The highest BCUT2D eigenvalue weighted by Crippen LogP contribution is 2.14. The lowest BCUT2D eigenvalue weighted by atomic mass is 10.1. The number of rotatable bonds is 1. The van der Waals surface area contributed by atoms with Gasteiger partial charge < -0.3 is 4.74 Å². The number of ether oxygens (including phenoxy) is 1. The van der Waals surface area contributed by atoms with E-state index in [4.69, 9.17) is 14.4 Å². The lowest BCUT2D eigenvalue weighted by Gasteiger charge is -2.10. The summed E-state index contributed by atoms with van der Waals surface area (Å²) in [6, 6.07) is 0. The molecule has 0 N–H and O–H groups in total. The minimum atomic E-state index is -0.367. The second-order valence-electron chi connectivity index (χ2n) is 2.28. The van der Waals surface area contributed by atoms with Crippen LogP contribution < -0.4 is 0 Å². The molecule has 0 aromatic heterocycles. The van der Waals surface area contributed by atoms with Crippen molar-refractivity contribution in [2.45, 2.75) is 13.3 Å². The lowest BCUT2D eigenvalue weighted by molar-refractivity contribution is -0.138. The molecule has 1 rings (SSSR count). The molecule has 0 aliphatic heterocycles. The first kappa shape index (κ1) is 20.6. The van der Waals surface area contributed by atoms with Gasteiger partial charge in [0.1, 0.15) is 23.6 Å². The highest BCUT2D eigenvalue weighted by molar-refractivity contribution is 5.98. The number of hydrogen-bond acceptors (Lipinski definition) is 6. The Balaban J connectivity index is -0.000000210. The Morgan fingerprint density at radius 3 is 1.61 bits per heavy atom. The molecule has 0 amide bonds. The molecule has 0 fully saturated rings. The topological polar surface area (TPSA) is 94.6 Å². The second kappa shape index (κ2) is 16.7.